The lowest BCUT2D eigenvalue weighted by molar-refractivity contribution is -0.128. The Morgan fingerprint density at radius 2 is 1.81 bits per heavy atom. The highest BCUT2D eigenvalue weighted by atomic mass is 32.2. The molecule has 0 aliphatic carbocycles. The number of ether oxygens (including phenoxy) is 4. The van der Waals surface area contributed by atoms with E-state index < -0.39 is 0 Å². The van der Waals surface area contributed by atoms with Crippen LogP contribution in [0, 0.1) is 0 Å². The summed E-state index contributed by atoms with van der Waals surface area (Å²) in [5.74, 6) is 2.46. The molecule has 0 saturated carbocycles. The van der Waals surface area contributed by atoms with Crippen LogP contribution < -0.4 is 14.2 Å². The van der Waals surface area contributed by atoms with Crippen molar-refractivity contribution in [1.82, 2.24) is 9.80 Å². The van der Waals surface area contributed by atoms with Crippen molar-refractivity contribution in [1.29, 1.82) is 0 Å². The highest BCUT2D eigenvalue weighted by molar-refractivity contribution is 8.00. The van der Waals surface area contributed by atoms with Gasteiger partial charge in [-0.1, -0.05) is 0 Å². The van der Waals surface area contributed by atoms with Crippen molar-refractivity contribution in [2.75, 3.05) is 66.5 Å². The molecule has 2 heterocycles. The molecule has 1 amide bonds. The normalized spacial score (nSPS) is 20.8. The van der Waals surface area contributed by atoms with Gasteiger partial charge in [-0.15, -0.1) is 11.8 Å². The van der Waals surface area contributed by atoms with Crippen LogP contribution in [0.1, 0.15) is 17.4 Å². The predicted molar refractivity (Wildman–Crippen MR) is 105 cm³/mol. The Morgan fingerprint density at radius 3 is 2.48 bits per heavy atom. The maximum Gasteiger partial charge on any atom is 0.233 e. The molecule has 2 saturated heterocycles. The van der Waals surface area contributed by atoms with Crippen LogP contribution in [0.15, 0.2) is 12.1 Å². The van der Waals surface area contributed by atoms with Gasteiger partial charge in [0.25, 0.3) is 0 Å². The number of morpholine rings is 1. The Balaban J connectivity index is 1.73. The number of carbonyl (C=O) groups excluding carboxylic acids is 1. The summed E-state index contributed by atoms with van der Waals surface area (Å²) in [4.78, 5) is 16.8. The second-order valence-electron chi connectivity index (χ2n) is 6.48. The smallest absolute Gasteiger partial charge is 0.233 e. The average Bonchev–Trinajstić information content (AvgIpc) is 3.07. The molecule has 7 nitrogen and oxygen atoms in total. The van der Waals surface area contributed by atoms with E-state index in [1.54, 1.807) is 33.1 Å². The zero-order chi connectivity index (χ0) is 19.2. The van der Waals surface area contributed by atoms with E-state index in [9.17, 15) is 4.79 Å². The van der Waals surface area contributed by atoms with E-state index in [1.165, 1.54) is 0 Å². The zero-order valence-corrected chi connectivity index (χ0v) is 17.0. The van der Waals surface area contributed by atoms with Gasteiger partial charge in [0.1, 0.15) is 5.37 Å². The minimum atomic E-state index is -0.0723. The largest absolute Gasteiger partial charge is 0.493 e. The number of amides is 1. The van der Waals surface area contributed by atoms with Gasteiger partial charge in [-0.25, -0.2) is 0 Å². The standard InChI is InChI=1S/C19H28N2O5S/c1-23-15-6-5-14(17(24-2)18(15)25-3)19-21(16(22)13-27-19)8-4-7-20-9-11-26-12-10-20/h5-6,19H,4,7-13H2,1-3H3. The Morgan fingerprint density at radius 1 is 1.07 bits per heavy atom. The first-order valence-corrected chi connectivity index (χ1v) is 10.2. The maximum absolute atomic E-state index is 12.5. The van der Waals surface area contributed by atoms with Crippen molar-refractivity contribution in [2.24, 2.45) is 0 Å². The number of hydrogen-bond acceptors (Lipinski definition) is 7. The molecule has 0 bridgehead atoms. The molecule has 150 valence electrons. The first kappa shape index (κ1) is 20.1. The van der Waals surface area contributed by atoms with Crippen molar-refractivity contribution in [3.05, 3.63) is 17.7 Å². The zero-order valence-electron chi connectivity index (χ0n) is 16.2. The Labute approximate surface area is 164 Å². The molecule has 3 rings (SSSR count). The van der Waals surface area contributed by atoms with Crippen molar-refractivity contribution in [3.63, 3.8) is 0 Å². The molecule has 1 aromatic rings. The Kier molecular flexibility index (Phi) is 7.09. The lowest BCUT2D eigenvalue weighted by Crippen LogP contribution is -2.38. The Hall–Kier alpha value is -1.64. The number of thioether (sulfide) groups is 1. The molecule has 0 N–H and O–H groups in total. The van der Waals surface area contributed by atoms with Crippen molar-refractivity contribution in [3.8, 4) is 17.2 Å². The van der Waals surface area contributed by atoms with Crippen LogP contribution in [-0.4, -0.2) is 82.2 Å². The van der Waals surface area contributed by atoms with E-state index in [1.807, 2.05) is 17.0 Å². The molecule has 1 aromatic carbocycles. The monoisotopic (exact) mass is 396 g/mol. The molecule has 1 unspecified atom stereocenters. The van der Waals surface area contributed by atoms with Gasteiger partial charge in [0.15, 0.2) is 11.5 Å². The van der Waals surface area contributed by atoms with Gasteiger partial charge in [-0.3, -0.25) is 9.69 Å². The summed E-state index contributed by atoms with van der Waals surface area (Å²) in [5, 5.41) is -0.0723. The van der Waals surface area contributed by atoms with E-state index in [0.717, 1.165) is 51.4 Å². The molecule has 0 radical (unpaired) electrons. The highest BCUT2D eigenvalue weighted by Gasteiger charge is 2.35. The maximum atomic E-state index is 12.5. The fraction of sp³-hybridized carbons (Fsp3) is 0.632. The van der Waals surface area contributed by atoms with Crippen LogP contribution >= 0.6 is 11.8 Å². The van der Waals surface area contributed by atoms with Crippen molar-refractivity contribution in [2.45, 2.75) is 11.8 Å². The van der Waals surface area contributed by atoms with Crippen LogP contribution in [0.2, 0.25) is 0 Å². The van der Waals surface area contributed by atoms with Crippen molar-refractivity contribution < 1.29 is 23.7 Å². The summed E-state index contributed by atoms with van der Waals surface area (Å²) in [6, 6.07) is 3.83. The molecule has 0 spiro atoms. The van der Waals surface area contributed by atoms with Gasteiger partial charge in [0.2, 0.25) is 11.7 Å². The molecule has 2 aliphatic heterocycles. The average molecular weight is 397 g/mol. The summed E-state index contributed by atoms with van der Waals surface area (Å²) in [6.45, 7) is 5.23. The SMILES string of the molecule is COc1ccc(C2SCC(=O)N2CCCN2CCOCC2)c(OC)c1OC. The molecule has 2 aliphatic rings. The van der Waals surface area contributed by atoms with Gasteiger partial charge in [0, 0.05) is 31.7 Å². The first-order valence-electron chi connectivity index (χ1n) is 9.19. The topological polar surface area (TPSA) is 60.5 Å². The van der Waals surface area contributed by atoms with E-state index >= 15 is 0 Å². The third-order valence-electron chi connectivity index (χ3n) is 4.95. The van der Waals surface area contributed by atoms with Crippen LogP contribution in [0.4, 0.5) is 0 Å². The molecule has 8 heteroatoms. The second kappa shape index (κ2) is 9.52. The van der Waals surface area contributed by atoms with E-state index in [4.69, 9.17) is 18.9 Å². The lowest BCUT2D eigenvalue weighted by atomic mass is 10.1. The van der Waals surface area contributed by atoms with Gasteiger partial charge in [0.05, 0.1) is 40.3 Å². The van der Waals surface area contributed by atoms with E-state index in [2.05, 4.69) is 4.90 Å². The molecular formula is C19H28N2O5S. The number of carbonyl (C=O) groups is 1. The summed E-state index contributed by atoms with van der Waals surface area (Å²) in [7, 11) is 4.81. The quantitative estimate of drug-likeness (QED) is 0.666. The summed E-state index contributed by atoms with van der Waals surface area (Å²) in [6.07, 6.45) is 0.943. The fourth-order valence-electron chi connectivity index (χ4n) is 3.56. The third kappa shape index (κ3) is 4.44. The molecular weight excluding hydrogens is 368 g/mol. The van der Waals surface area contributed by atoms with E-state index in [-0.39, 0.29) is 11.3 Å². The van der Waals surface area contributed by atoms with Gasteiger partial charge < -0.3 is 23.8 Å². The van der Waals surface area contributed by atoms with Crippen molar-refractivity contribution >= 4 is 17.7 Å². The number of benzene rings is 1. The summed E-state index contributed by atoms with van der Waals surface area (Å²) >= 11 is 1.63. The van der Waals surface area contributed by atoms with Crippen LogP contribution in [0.25, 0.3) is 0 Å². The second-order valence-corrected chi connectivity index (χ2v) is 7.55. The Bertz CT molecular complexity index is 651. The van der Waals surface area contributed by atoms with Gasteiger partial charge in [-0.05, 0) is 18.6 Å². The molecule has 1 atom stereocenters. The fourth-order valence-corrected chi connectivity index (χ4v) is 4.80. The minimum Gasteiger partial charge on any atom is -0.493 e. The third-order valence-corrected chi connectivity index (χ3v) is 6.18. The highest BCUT2D eigenvalue weighted by Crippen LogP contribution is 2.48. The molecule has 0 aromatic heterocycles. The summed E-state index contributed by atoms with van der Waals surface area (Å²) < 4.78 is 21.9. The number of nitrogens with zero attached hydrogens (tertiary/aromatic N) is 2. The summed E-state index contributed by atoms with van der Waals surface area (Å²) in [5.41, 5.74) is 0.942. The minimum absolute atomic E-state index is 0.0723. The molecule has 2 fully saturated rings. The lowest BCUT2D eigenvalue weighted by Gasteiger charge is -2.29. The molecule has 27 heavy (non-hydrogen) atoms. The van der Waals surface area contributed by atoms with Crippen LogP contribution in [-0.2, 0) is 9.53 Å². The number of hydrogen-bond donors (Lipinski definition) is 0. The van der Waals surface area contributed by atoms with Crippen LogP contribution in [0.3, 0.4) is 0 Å². The predicted octanol–water partition coefficient (Wildman–Crippen LogP) is 2.01. The van der Waals surface area contributed by atoms with Crippen LogP contribution in [0.5, 0.6) is 17.2 Å². The number of methoxy groups -OCH3 is 3. The van der Waals surface area contributed by atoms with Gasteiger partial charge in [-0.2, -0.15) is 0 Å². The first-order chi connectivity index (χ1) is 13.2. The number of rotatable bonds is 8. The van der Waals surface area contributed by atoms with E-state index in [0.29, 0.717) is 23.0 Å². The van der Waals surface area contributed by atoms with Gasteiger partial charge >= 0.3 is 0 Å².